The fourth-order valence-corrected chi connectivity index (χ4v) is 8.58. The van der Waals surface area contributed by atoms with Crippen LogP contribution in [-0.4, -0.2) is 5.54 Å². The van der Waals surface area contributed by atoms with E-state index in [-0.39, 0.29) is 11.0 Å². The molecular weight excluding hydrogens is 506 g/mol. The third-order valence-corrected chi connectivity index (χ3v) is 11.4. The summed E-state index contributed by atoms with van der Waals surface area (Å²) in [5.41, 5.74) is 12.7. The highest BCUT2D eigenvalue weighted by Crippen LogP contribution is 2.55. The lowest BCUT2D eigenvalue weighted by Crippen LogP contribution is -2.39. The summed E-state index contributed by atoms with van der Waals surface area (Å²) in [6.45, 7) is 22.0. The zero-order valence-corrected chi connectivity index (χ0v) is 28.0. The maximum Gasteiger partial charge on any atom is 0.0454 e. The summed E-state index contributed by atoms with van der Waals surface area (Å²) >= 11 is 0. The third-order valence-electron chi connectivity index (χ3n) is 11.4. The van der Waals surface area contributed by atoms with Gasteiger partial charge in [-0.2, -0.15) is 0 Å². The summed E-state index contributed by atoms with van der Waals surface area (Å²) in [6, 6.07) is 23.9. The molecule has 0 bridgehead atoms. The van der Waals surface area contributed by atoms with Gasteiger partial charge in [0.25, 0.3) is 0 Å². The highest BCUT2D eigenvalue weighted by atomic mass is 15.2. The SMILES string of the molecule is CC1(C)CCC(c2ccccc2N(c2cc3c(cc2C2CCC(C)(C)CC2)-c2ccccc2C3(C)C)C(C)(C)C)CC1. The molecule has 1 heteroatoms. The topological polar surface area (TPSA) is 3.24 Å². The number of para-hydroxylation sites is 1. The van der Waals surface area contributed by atoms with Crippen LogP contribution in [0.4, 0.5) is 11.4 Å². The van der Waals surface area contributed by atoms with E-state index in [4.69, 9.17) is 0 Å². The largest absolute Gasteiger partial charge is 0.336 e. The van der Waals surface area contributed by atoms with Gasteiger partial charge in [0.15, 0.2) is 0 Å². The normalized spacial score (nSPS) is 21.5. The molecule has 0 amide bonds. The lowest BCUT2D eigenvalue weighted by Gasteiger charge is -2.44. The molecule has 1 nitrogen and oxygen atoms in total. The lowest BCUT2D eigenvalue weighted by atomic mass is 9.70. The van der Waals surface area contributed by atoms with Crippen molar-refractivity contribution in [1.82, 2.24) is 0 Å². The Morgan fingerprint density at radius 2 is 1.10 bits per heavy atom. The van der Waals surface area contributed by atoms with Gasteiger partial charge in [-0.25, -0.2) is 0 Å². The van der Waals surface area contributed by atoms with Crippen LogP contribution in [0, 0.1) is 10.8 Å². The quantitative estimate of drug-likeness (QED) is 0.306. The highest BCUT2D eigenvalue weighted by molar-refractivity contribution is 5.85. The van der Waals surface area contributed by atoms with E-state index in [0.29, 0.717) is 22.7 Å². The van der Waals surface area contributed by atoms with Crippen molar-refractivity contribution in [2.75, 3.05) is 4.90 Å². The molecule has 0 unspecified atom stereocenters. The average Bonchev–Trinajstić information content (AvgIpc) is 3.14. The Bertz CT molecular complexity index is 1440. The van der Waals surface area contributed by atoms with E-state index in [2.05, 4.69) is 128 Å². The maximum absolute atomic E-state index is 2.76. The monoisotopic (exact) mass is 561 g/mol. The van der Waals surface area contributed by atoms with Crippen LogP contribution in [0.3, 0.4) is 0 Å². The Morgan fingerprint density at radius 1 is 0.571 bits per heavy atom. The molecule has 3 aromatic rings. The van der Waals surface area contributed by atoms with E-state index in [1.807, 2.05) is 0 Å². The van der Waals surface area contributed by atoms with Crippen molar-refractivity contribution in [1.29, 1.82) is 0 Å². The first-order chi connectivity index (χ1) is 19.7. The van der Waals surface area contributed by atoms with Gasteiger partial charge in [0.2, 0.25) is 0 Å². The second-order valence-electron chi connectivity index (χ2n) is 17.1. The van der Waals surface area contributed by atoms with E-state index in [1.54, 1.807) is 11.1 Å². The zero-order valence-electron chi connectivity index (χ0n) is 28.0. The molecule has 0 spiro atoms. The van der Waals surface area contributed by atoms with Gasteiger partial charge in [0.1, 0.15) is 0 Å². The molecule has 3 aliphatic carbocycles. The third kappa shape index (κ3) is 5.24. The molecule has 2 saturated carbocycles. The summed E-state index contributed by atoms with van der Waals surface area (Å²) in [6.07, 6.45) is 10.4. The Balaban J connectivity index is 1.55. The van der Waals surface area contributed by atoms with Crippen LogP contribution < -0.4 is 4.90 Å². The Morgan fingerprint density at radius 3 is 1.69 bits per heavy atom. The summed E-state index contributed by atoms with van der Waals surface area (Å²) in [5.74, 6) is 1.23. The summed E-state index contributed by atoms with van der Waals surface area (Å²) < 4.78 is 0. The van der Waals surface area contributed by atoms with Crippen molar-refractivity contribution >= 4 is 11.4 Å². The van der Waals surface area contributed by atoms with Crippen LogP contribution >= 0.6 is 0 Å². The number of benzene rings is 3. The van der Waals surface area contributed by atoms with E-state index >= 15 is 0 Å². The van der Waals surface area contributed by atoms with Gasteiger partial charge in [0, 0.05) is 22.3 Å². The number of hydrogen-bond donors (Lipinski definition) is 0. The molecule has 42 heavy (non-hydrogen) atoms. The van der Waals surface area contributed by atoms with Gasteiger partial charge in [-0.15, -0.1) is 0 Å². The van der Waals surface area contributed by atoms with Gasteiger partial charge < -0.3 is 4.90 Å². The summed E-state index contributed by atoms with van der Waals surface area (Å²) in [5, 5.41) is 0. The fourth-order valence-electron chi connectivity index (χ4n) is 8.58. The number of hydrogen-bond acceptors (Lipinski definition) is 1. The smallest absolute Gasteiger partial charge is 0.0454 e. The molecule has 0 aliphatic heterocycles. The van der Waals surface area contributed by atoms with Crippen molar-refractivity contribution in [2.45, 2.75) is 136 Å². The van der Waals surface area contributed by atoms with Crippen LogP contribution in [0.25, 0.3) is 11.1 Å². The second kappa shape index (κ2) is 10.3. The Labute approximate surface area is 257 Å². The molecule has 0 radical (unpaired) electrons. The molecule has 0 N–H and O–H groups in total. The molecule has 3 aliphatic rings. The molecule has 0 atom stereocenters. The van der Waals surface area contributed by atoms with Gasteiger partial charge in [0.05, 0.1) is 0 Å². The standard InChI is InChI=1S/C41H55N/c1-38(2,3)42(36-17-13-11-14-30(36)28-18-22-39(4,5)23-19-28)37-27-35-33(31-15-10-12-16-34(31)41(35,8)9)26-32(37)29-20-24-40(6,7)25-21-29/h10-17,26-29H,18-25H2,1-9H3. The Hall–Kier alpha value is -2.54. The first kappa shape index (κ1) is 29.5. The van der Waals surface area contributed by atoms with Crippen LogP contribution in [-0.2, 0) is 5.41 Å². The average molecular weight is 562 g/mol. The number of rotatable bonds is 4. The van der Waals surface area contributed by atoms with Gasteiger partial charge in [-0.1, -0.05) is 84.0 Å². The number of anilines is 2. The van der Waals surface area contributed by atoms with Crippen molar-refractivity contribution in [2.24, 2.45) is 10.8 Å². The molecule has 3 aromatic carbocycles. The number of fused-ring (bicyclic) bond motifs is 3. The van der Waals surface area contributed by atoms with Crippen molar-refractivity contribution < 1.29 is 0 Å². The van der Waals surface area contributed by atoms with Crippen LogP contribution in [0.1, 0.15) is 148 Å². The minimum absolute atomic E-state index is 0.00815. The summed E-state index contributed by atoms with van der Waals surface area (Å²) in [4.78, 5) is 2.76. The predicted molar refractivity (Wildman–Crippen MR) is 182 cm³/mol. The maximum atomic E-state index is 2.76. The number of nitrogens with zero attached hydrogens (tertiary/aromatic N) is 1. The minimum Gasteiger partial charge on any atom is -0.336 e. The molecule has 224 valence electrons. The molecule has 2 fully saturated rings. The highest BCUT2D eigenvalue weighted by Gasteiger charge is 2.40. The fraction of sp³-hybridized carbons (Fsp3) is 0.561. The van der Waals surface area contributed by atoms with Crippen LogP contribution in [0.5, 0.6) is 0 Å². The van der Waals surface area contributed by atoms with E-state index < -0.39 is 0 Å². The Kier molecular flexibility index (Phi) is 7.23. The lowest BCUT2D eigenvalue weighted by molar-refractivity contribution is 0.224. The van der Waals surface area contributed by atoms with E-state index in [1.165, 1.54) is 85.0 Å². The van der Waals surface area contributed by atoms with E-state index in [9.17, 15) is 0 Å². The zero-order chi connectivity index (χ0) is 30.1. The van der Waals surface area contributed by atoms with Crippen LogP contribution in [0.15, 0.2) is 60.7 Å². The summed E-state index contributed by atoms with van der Waals surface area (Å²) in [7, 11) is 0. The molecule has 0 heterocycles. The van der Waals surface area contributed by atoms with Crippen LogP contribution in [0.2, 0.25) is 0 Å². The molecule has 6 rings (SSSR count). The van der Waals surface area contributed by atoms with Crippen molar-refractivity contribution in [3.8, 4) is 11.1 Å². The van der Waals surface area contributed by atoms with Crippen molar-refractivity contribution in [3.63, 3.8) is 0 Å². The molecule has 0 aromatic heterocycles. The predicted octanol–water partition coefficient (Wildman–Crippen LogP) is 12.3. The molecule has 0 saturated heterocycles. The second-order valence-corrected chi connectivity index (χ2v) is 17.1. The van der Waals surface area contributed by atoms with Gasteiger partial charge in [-0.3, -0.25) is 0 Å². The minimum atomic E-state index is -0.0590. The molecular formula is C41H55N. The van der Waals surface area contributed by atoms with E-state index in [0.717, 1.165) is 0 Å². The van der Waals surface area contributed by atoms with Gasteiger partial charge >= 0.3 is 0 Å². The van der Waals surface area contributed by atoms with Gasteiger partial charge in [-0.05, 0) is 146 Å². The first-order valence-electron chi connectivity index (χ1n) is 16.9. The van der Waals surface area contributed by atoms with Crippen molar-refractivity contribution in [3.05, 3.63) is 82.9 Å². The first-order valence-corrected chi connectivity index (χ1v) is 16.9.